The Morgan fingerprint density at radius 1 is 1.18 bits per heavy atom. The van der Waals surface area contributed by atoms with E-state index >= 15 is 0 Å². The second kappa shape index (κ2) is 5.63. The van der Waals surface area contributed by atoms with Gasteiger partial charge in [-0.2, -0.15) is 0 Å². The summed E-state index contributed by atoms with van der Waals surface area (Å²) in [4.78, 5) is 2.71. The molecule has 2 fully saturated rings. The maximum Gasteiger partial charge on any atom is 0.126 e. The SMILES string of the molecule is CC[C@@H]1Cc2c(F)cccc2CN1C1CC2(CCCCC2)C1. The monoisotopic (exact) mass is 301 g/mol. The Balaban J connectivity index is 1.50. The zero-order valence-electron chi connectivity index (χ0n) is 13.8. The van der Waals surface area contributed by atoms with Crippen molar-refractivity contribution in [2.45, 2.75) is 83.3 Å². The number of benzene rings is 1. The molecular weight excluding hydrogens is 273 g/mol. The smallest absolute Gasteiger partial charge is 0.126 e. The summed E-state index contributed by atoms with van der Waals surface area (Å²) in [5.74, 6) is 0.00737. The molecule has 0 N–H and O–H groups in total. The van der Waals surface area contributed by atoms with Gasteiger partial charge >= 0.3 is 0 Å². The van der Waals surface area contributed by atoms with E-state index < -0.39 is 0 Å². The van der Waals surface area contributed by atoms with Gasteiger partial charge in [-0.25, -0.2) is 4.39 Å². The van der Waals surface area contributed by atoms with Gasteiger partial charge in [0.2, 0.25) is 0 Å². The van der Waals surface area contributed by atoms with E-state index in [1.807, 2.05) is 6.07 Å². The van der Waals surface area contributed by atoms with Gasteiger partial charge < -0.3 is 0 Å². The van der Waals surface area contributed by atoms with Gasteiger partial charge in [0.05, 0.1) is 0 Å². The Morgan fingerprint density at radius 2 is 1.95 bits per heavy atom. The van der Waals surface area contributed by atoms with E-state index in [0.717, 1.165) is 31.0 Å². The first-order valence-corrected chi connectivity index (χ1v) is 9.23. The third-order valence-electron chi connectivity index (χ3n) is 6.67. The molecule has 0 unspecified atom stereocenters. The van der Waals surface area contributed by atoms with Crippen molar-refractivity contribution in [3.8, 4) is 0 Å². The van der Waals surface area contributed by atoms with Crippen molar-refractivity contribution in [3.05, 3.63) is 35.1 Å². The summed E-state index contributed by atoms with van der Waals surface area (Å²) in [6.07, 6.45) is 12.1. The lowest BCUT2D eigenvalue weighted by Gasteiger charge is -2.56. The van der Waals surface area contributed by atoms with E-state index in [9.17, 15) is 4.39 Å². The van der Waals surface area contributed by atoms with Gasteiger partial charge in [-0.05, 0) is 61.1 Å². The molecule has 1 aromatic carbocycles. The zero-order chi connectivity index (χ0) is 15.2. The van der Waals surface area contributed by atoms with Crippen molar-refractivity contribution >= 4 is 0 Å². The molecule has 2 aliphatic carbocycles. The van der Waals surface area contributed by atoms with E-state index in [2.05, 4.69) is 17.9 Å². The Hall–Kier alpha value is -0.890. The Labute approximate surface area is 133 Å². The number of hydrogen-bond donors (Lipinski definition) is 0. The topological polar surface area (TPSA) is 3.24 Å². The van der Waals surface area contributed by atoms with Crippen LogP contribution in [-0.4, -0.2) is 17.0 Å². The average Bonchev–Trinajstić information content (AvgIpc) is 2.52. The van der Waals surface area contributed by atoms with Crippen molar-refractivity contribution in [1.82, 2.24) is 4.90 Å². The van der Waals surface area contributed by atoms with Gasteiger partial charge in [-0.1, -0.05) is 38.3 Å². The Morgan fingerprint density at radius 3 is 2.68 bits per heavy atom. The van der Waals surface area contributed by atoms with E-state index in [4.69, 9.17) is 0 Å². The van der Waals surface area contributed by atoms with Crippen LogP contribution in [0.4, 0.5) is 4.39 Å². The quantitative estimate of drug-likeness (QED) is 0.736. The molecule has 1 aromatic rings. The van der Waals surface area contributed by atoms with Crippen molar-refractivity contribution < 1.29 is 4.39 Å². The lowest BCUT2D eigenvalue weighted by atomic mass is 9.57. The maximum atomic E-state index is 14.1. The summed E-state index contributed by atoms with van der Waals surface area (Å²) < 4.78 is 14.1. The third kappa shape index (κ3) is 2.40. The molecule has 3 aliphatic rings. The van der Waals surface area contributed by atoms with Gasteiger partial charge in [-0.3, -0.25) is 4.90 Å². The highest BCUT2D eigenvalue weighted by Crippen LogP contribution is 2.54. The number of halogens is 1. The lowest BCUT2D eigenvalue weighted by Crippen LogP contribution is -2.56. The molecule has 0 amide bonds. The summed E-state index contributed by atoms with van der Waals surface area (Å²) in [7, 11) is 0. The largest absolute Gasteiger partial charge is 0.293 e. The fourth-order valence-corrected chi connectivity index (χ4v) is 5.35. The van der Waals surface area contributed by atoms with E-state index in [1.54, 1.807) is 6.07 Å². The molecule has 0 bridgehead atoms. The van der Waals surface area contributed by atoms with Crippen LogP contribution in [0.5, 0.6) is 0 Å². The molecule has 1 aliphatic heterocycles. The van der Waals surface area contributed by atoms with Crippen LogP contribution in [0.3, 0.4) is 0 Å². The van der Waals surface area contributed by atoms with Crippen molar-refractivity contribution in [2.75, 3.05) is 0 Å². The van der Waals surface area contributed by atoms with Gasteiger partial charge in [0.1, 0.15) is 5.82 Å². The van der Waals surface area contributed by atoms with Crippen LogP contribution in [0.1, 0.15) is 69.4 Å². The van der Waals surface area contributed by atoms with Gasteiger partial charge in [0, 0.05) is 18.6 Å². The number of rotatable bonds is 2. The summed E-state index contributed by atoms with van der Waals surface area (Å²) in [6.45, 7) is 3.23. The molecule has 2 heteroatoms. The molecule has 1 heterocycles. The van der Waals surface area contributed by atoms with Crippen molar-refractivity contribution in [2.24, 2.45) is 5.41 Å². The summed E-state index contributed by atoms with van der Waals surface area (Å²) in [5.41, 5.74) is 2.90. The van der Waals surface area contributed by atoms with Gasteiger partial charge in [0.25, 0.3) is 0 Å². The Kier molecular flexibility index (Phi) is 3.76. The van der Waals surface area contributed by atoms with Crippen LogP contribution in [-0.2, 0) is 13.0 Å². The fourth-order valence-electron chi connectivity index (χ4n) is 5.35. The second-order valence-corrected chi connectivity index (χ2v) is 7.94. The third-order valence-corrected chi connectivity index (χ3v) is 6.67. The minimum absolute atomic E-state index is 0.00737. The molecule has 0 saturated heterocycles. The summed E-state index contributed by atoms with van der Waals surface area (Å²) in [6, 6.07) is 6.92. The number of hydrogen-bond acceptors (Lipinski definition) is 1. The van der Waals surface area contributed by atoms with Crippen LogP contribution < -0.4 is 0 Å². The lowest BCUT2D eigenvalue weighted by molar-refractivity contribution is -0.0512. The zero-order valence-corrected chi connectivity index (χ0v) is 13.8. The van der Waals surface area contributed by atoms with E-state index in [-0.39, 0.29) is 5.82 Å². The predicted octanol–water partition coefficient (Wildman–Crippen LogP) is 5.08. The van der Waals surface area contributed by atoms with Crippen molar-refractivity contribution in [3.63, 3.8) is 0 Å². The van der Waals surface area contributed by atoms with Crippen LogP contribution in [0.25, 0.3) is 0 Å². The molecule has 2 saturated carbocycles. The molecule has 1 atom stereocenters. The van der Waals surface area contributed by atoms with Gasteiger partial charge in [-0.15, -0.1) is 0 Å². The Bertz CT molecular complexity index is 539. The van der Waals surface area contributed by atoms with Crippen molar-refractivity contribution in [1.29, 1.82) is 0 Å². The highest BCUT2D eigenvalue weighted by atomic mass is 19.1. The molecule has 1 nitrogen and oxygen atoms in total. The standard InChI is InChI=1S/C20H28FN/c1-2-16-11-18-15(7-6-8-19(18)21)14-22(16)17-12-20(13-17)9-4-3-5-10-20/h6-8,16-17H,2-5,9-14H2,1H3/t16-/m1/s1. The van der Waals surface area contributed by atoms with Crippen LogP contribution in [0, 0.1) is 11.2 Å². The highest BCUT2D eigenvalue weighted by molar-refractivity contribution is 5.32. The summed E-state index contributed by atoms with van der Waals surface area (Å²) >= 11 is 0. The van der Waals surface area contributed by atoms with E-state index in [0.29, 0.717) is 11.5 Å². The average molecular weight is 301 g/mol. The van der Waals surface area contributed by atoms with Crippen LogP contribution in [0.2, 0.25) is 0 Å². The molecule has 0 aromatic heterocycles. The molecule has 4 rings (SSSR count). The molecule has 0 radical (unpaired) electrons. The highest BCUT2D eigenvalue weighted by Gasteiger charge is 2.48. The minimum Gasteiger partial charge on any atom is -0.293 e. The fraction of sp³-hybridized carbons (Fsp3) is 0.700. The molecule has 120 valence electrons. The number of nitrogens with zero attached hydrogens (tertiary/aromatic N) is 1. The number of fused-ring (bicyclic) bond motifs is 1. The first-order chi connectivity index (χ1) is 10.7. The second-order valence-electron chi connectivity index (χ2n) is 7.94. The van der Waals surface area contributed by atoms with Crippen LogP contribution >= 0.6 is 0 Å². The van der Waals surface area contributed by atoms with Crippen LogP contribution in [0.15, 0.2) is 18.2 Å². The van der Waals surface area contributed by atoms with Gasteiger partial charge in [0.15, 0.2) is 0 Å². The molecule has 1 spiro atoms. The molecule has 22 heavy (non-hydrogen) atoms. The normalized spacial score (nSPS) is 28.4. The molecular formula is C20H28FN. The van der Waals surface area contributed by atoms with E-state index in [1.165, 1.54) is 50.5 Å². The first kappa shape index (κ1) is 14.7. The first-order valence-electron chi connectivity index (χ1n) is 9.23. The summed E-state index contributed by atoms with van der Waals surface area (Å²) in [5, 5.41) is 0. The predicted molar refractivity (Wildman–Crippen MR) is 88.3 cm³/mol. The maximum absolute atomic E-state index is 14.1. The minimum atomic E-state index is 0.00737.